The molecule has 1 atom stereocenters. The molecule has 0 aliphatic heterocycles. The first-order chi connectivity index (χ1) is 14.0. The molecule has 1 N–H and O–H groups in total. The van der Waals surface area contributed by atoms with Crippen LogP contribution in [0, 0.1) is 13.8 Å². The van der Waals surface area contributed by atoms with Crippen molar-refractivity contribution >= 4 is 34.1 Å². The van der Waals surface area contributed by atoms with Crippen LogP contribution in [0.15, 0.2) is 47.3 Å². The summed E-state index contributed by atoms with van der Waals surface area (Å²) in [6, 6.07) is 8.81. The van der Waals surface area contributed by atoms with Crippen molar-refractivity contribution < 1.29 is 18.0 Å². The lowest BCUT2D eigenvalue weighted by Gasteiger charge is -2.22. The molecule has 158 valence electrons. The molecule has 0 fully saturated rings. The maximum Gasteiger partial charge on any atom is 0.416 e. The zero-order valence-corrected chi connectivity index (χ0v) is 17.4. The SMILES string of the molecule is CCC(C(=O)Nc1cc(C(F)(F)F)ccc1Cl)n1c(=O)cc(C)c2cccc(C)c21. The van der Waals surface area contributed by atoms with Gasteiger partial charge in [-0.1, -0.05) is 36.7 Å². The second-order valence-corrected chi connectivity index (χ2v) is 7.52. The van der Waals surface area contributed by atoms with Gasteiger partial charge >= 0.3 is 6.18 Å². The molecule has 1 heterocycles. The maximum absolute atomic E-state index is 13.0. The van der Waals surface area contributed by atoms with E-state index in [0.717, 1.165) is 34.7 Å². The van der Waals surface area contributed by atoms with Crippen LogP contribution in [0.4, 0.5) is 18.9 Å². The molecule has 0 spiro atoms. The Labute approximate surface area is 176 Å². The molecule has 8 heteroatoms. The number of alkyl halides is 3. The number of para-hydroxylation sites is 1. The number of rotatable bonds is 4. The van der Waals surface area contributed by atoms with E-state index in [0.29, 0.717) is 5.52 Å². The predicted molar refractivity (Wildman–Crippen MR) is 112 cm³/mol. The Kier molecular flexibility index (Phi) is 5.94. The number of halogens is 4. The summed E-state index contributed by atoms with van der Waals surface area (Å²) in [5, 5.41) is 3.27. The molecule has 0 aliphatic carbocycles. The number of aromatic nitrogens is 1. The highest BCUT2D eigenvalue weighted by Gasteiger charge is 2.31. The van der Waals surface area contributed by atoms with Gasteiger partial charge in [0.1, 0.15) is 6.04 Å². The van der Waals surface area contributed by atoms with Gasteiger partial charge in [-0.05, 0) is 49.6 Å². The van der Waals surface area contributed by atoms with Crippen LogP contribution in [0.25, 0.3) is 10.9 Å². The largest absolute Gasteiger partial charge is 0.416 e. The van der Waals surface area contributed by atoms with E-state index >= 15 is 0 Å². The first-order valence-electron chi connectivity index (χ1n) is 9.33. The molecule has 0 aliphatic rings. The van der Waals surface area contributed by atoms with Gasteiger partial charge in [-0.2, -0.15) is 13.2 Å². The minimum absolute atomic E-state index is 0.0245. The third-order valence-electron chi connectivity index (χ3n) is 5.03. The van der Waals surface area contributed by atoms with Gasteiger partial charge < -0.3 is 5.32 Å². The van der Waals surface area contributed by atoms with Gasteiger partial charge in [-0.15, -0.1) is 0 Å². The minimum atomic E-state index is -4.57. The second kappa shape index (κ2) is 8.14. The Hall–Kier alpha value is -2.80. The second-order valence-electron chi connectivity index (χ2n) is 7.11. The van der Waals surface area contributed by atoms with Crippen LogP contribution in [-0.2, 0) is 11.0 Å². The predicted octanol–water partition coefficient (Wildman–Crippen LogP) is 5.88. The van der Waals surface area contributed by atoms with E-state index in [1.165, 1.54) is 10.6 Å². The molecular weight excluding hydrogens is 417 g/mol. The molecule has 1 unspecified atom stereocenters. The van der Waals surface area contributed by atoms with E-state index < -0.39 is 23.7 Å². The number of aryl methyl sites for hydroxylation is 2. The average Bonchev–Trinajstić information content (AvgIpc) is 2.66. The fourth-order valence-corrected chi connectivity index (χ4v) is 3.71. The van der Waals surface area contributed by atoms with E-state index in [9.17, 15) is 22.8 Å². The summed E-state index contributed by atoms with van der Waals surface area (Å²) in [6.07, 6.45) is -4.32. The summed E-state index contributed by atoms with van der Waals surface area (Å²) in [4.78, 5) is 25.9. The normalized spacial score (nSPS) is 12.8. The van der Waals surface area contributed by atoms with Crippen molar-refractivity contribution in [2.24, 2.45) is 0 Å². The molecule has 2 aromatic carbocycles. The molecule has 0 bridgehead atoms. The molecule has 4 nitrogen and oxygen atoms in total. The Balaban J connectivity index is 2.09. The molecule has 3 rings (SSSR count). The number of pyridine rings is 1. The summed E-state index contributed by atoms with van der Waals surface area (Å²) in [5.41, 5.74) is 0.786. The Morgan fingerprint density at radius 3 is 2.47 bits per heavy atom. The van der Waals surface area contributed by atoms with E-state index in [1.807, 2.05) is 32.0 Å². The molecule has 3 aromatic rings. The zero-order chi connectivity index (χ0) is 22.2. The fraction of sp³-hybridized carbons (Fsp3) is 0.273. The molecule has 0 radical (unpaired) electrons. The lowest BCUT2D eigenvalue weighted by atomic mass is 10.0. The van der Waals surface area contributed by atoms with E-state index in [2.05, 4.69) is 5.32 Å². The number of fused-ring (bicyclic) bond motifs is 1. The smallest absolute Gasteiger partial charge is 0.323 e. The molecular formula is C22H20ClF3N2O2. The van der Waals surface area contributed by atoms with Crippen LogP contribution in [0.5, 0.6) is 0 Å². The van der Waals surface area contributed by atoms with Gasteiger partial charge in [-0.25, -0.2) is 0 Å². The van der Waals surface area contributed by atoms with Crippen molar-refractivity contribution in [1.82, 2.24) is 4.57 Å². The highest BCUT2D eigenvalue weighted by atomic mass is 35.5. The quantitative estimate of drug-likeness (QED) is 0.555. The van der Waals surface area contributed by atoms with Gasteiger partial charge in [-0.3, -0.25) is 14.2 Å². The number of hydrogen-bond donors (Lipinski definition) is 1. The van der Waals surface area contributed by atoms with Gasteiger partial charge in [0.05, 0.1) is 21.8 Å². The minimum Gasteiger partial charge on any atom is -0.323 e. The molecule has 0 saturated heterocycles. The number of hydrogen-bond acceptors (Lipinski definition) is 2. The van der Waals surface area contributed by atoms with Crippen molar-refractivity contribution in [3.05, 3.63) is 74.5 Å². The molecule has 1 amide bonds. The molecule has 30 heavy (non-hydrogen) atoms. The average molecular weight is 437 g/mol. The number of amides is 1. The van der Waals surface area contributed by atoms with Gasteiger partial charge in [0.2, 0.25) is 5.91 Å². The van der Waals surface area contributed by atoms with Gasteiger partial charge in [0.25, 0.3) is 5.56 Å². The van der Waals surface area contributed by atoms with Crippen molar-refractivity contribution in [2.45, 2.75) is 39.4 Å². The summed E-state index contributed by atoms with van der Waals surface area (Å²) >= 11 is 6.01. The number of benzene rings is 2. The maximum atomic E-state index is 13.0. The summed E-state index contributed by atoms with van der Waals surface area (Å²) in [7, 11) is 0. The van der Waals surface area contributed by atoms with Crippen LogP contribution in [0.1, 0.15) is 36.1 Å². The zero-order valence-electron chi connectivity index (χ0n) is 16.6. The van der Waals surface area contributed by atoms with Crippen LogP contribution >= 0.6 is 11.6 Å². The van der Waals surface area contributed by atoms with Gasteiger partial charge in [0, 0.05) is 11.5 Å². The summed E-state index contributed by atoms with van der Waals surface area (Å²) in [6.45, 7) is 5.39. The lowest BCUT2D eigenvalue weighted by Crippen LogP contribution is -2.33. The number of nitrogens with zero attached hydrogens (tertiary/aromatic N) is 1. The summed E-state index contributed by atoms with van der Waals surface area (Å²) in [5.74, 6) is -0.616. The van der Waals surface area contributed by atoms with Crippen LogP contribution < -0.4 is 10.9 Å². The van der Waals surface area contributed by atoms with Crippen molar-refractivity contribution in [3.8, 4) is 0 Å². The Morgan fingerprint density at radius 2 is 1.83 bits per heavy atom. The van der Waals surface area contributed by atoms with Crippen molar-refractivity contribution in [1.29, 1.82) is 0 Å². The van der Waals surface area contributed by atoms with Gasteiger partial charge in [0.15, 0.2) is 0 Å². The Morgan fingerprint density at radius 1 is 1.13 bits per heavy atom. The topological polar surface area (TPSA) is 51.1 Å². The standard InChI is InChI=1S/C22H20ClF3N2O2/c1-4-18(21(30)27-17-11-14(22(24,25)26)8-9-16(17)23)28-19(29)10-13(3)15-7-5-6-12(2)20(15)28/h5-11,18H,4H2,1-3H3,(H,27,30). The van der Waals surface area contributed by atoms with Crippen molar-refractivity contribution in [3.63, 3.8) is 0 Å². The highest BCUT2D eigenvalue weighted by Crippen LogP contribution is 2.34. The third-order valence-corrected chi connectivity index (χ3v) is 5.36. The Bertz CT molecular complexity index is 1190. The van der Waals surface area contributed by atoms with Crippen molar-refractivity contribution in [2.75, 3.05) is 5.32 Å². The number of nitrogens with one attached hydrogen (secondary N) is 1. The molecule has 1 aromatic heterocycles. The first-order valence-corrected chi connectivity index (χ1v) is 9.71. The third kappa shape index (κ3) is 4.07. The van der Waals surface area contributed by atoms with Crippen LogP contribution in [-0.4, -0.2) is 10.5 Å². The number of anilines is 1. The highest BCUT2D eigenvalue weighted by molar-refractivity contribution is 6.33. The van der Waals surface area contributed by atoms with Crippen LogP contribution in [0.2, 0.25) is 5.02 Å². The monoisotopic (exact) mass is 436 g/mol. The lowest BCUT2D eigenvalue weighted by molar-refractivity contribution is -0.137. The fourth-order valence-electron chi connectivity index (χ4n) is 3.55. The number of carbonyl (C=O) groups excluding carboxylic acids is 1. The first kappa shape index (κ1) is 21.9. The molecule has 0 saturated carbocycles. The van der Waals surface area contributed by atoms with E-state index in [-0.39, 0.29) is 22.7 Å². The number of carbonyl (C=O) groups is 1. The summed E-state index contributed by atoms with van der Waals surface area (Å²) < 4.78 is 40.5. The van der Waals surface area contributed by atoms with Crippen LogP contribution in [0.3, 0.4) is 0 Å². The van der Waals surface area contributed by atoms with E-state index in [4.69, 9.17) is 11.6 Å². The van der Waals surface area contributed by atoms with E-state index in [1.54, 1.807) is 6.92 Å².